The van der Waals surface area contributed by atoms with Crippen LogP contribution in [-0.2, 0) is 16.0 Å². The summed E-state index contributed by atoms with van der Waals surface area (Å²) in [5.41, 5.74) is 0.912. The van der Waals surface area contributed by atoms with Crippen molar-refractivity contribution in [1.29, 1.82) is 0 Å². The molecule has 1 aromatic heterocycles. The van der Waals surface area contributed by atoms with Crippen LogP contribution in [0.25, 0.3) is 10.2 Å². The minimum atomic E-state index is -0.275. The number of morpholine rings is 1. The zero-order valence-electron chi connectivity index (χ0n) is 12.3. The molecule has 3 rings (SSSR count). The summed E-state index contributed by atoms with van der Waals surface area (Å²) in [6.07, 6.45) is 0.614. The highest BCUT2D eigenvalue weighted by molar-refractivity contribution is 7.18. The average Bonchev–Trinajstić information content (AvgIpc) is 2.89. The van der Waals surface area contributed by atoms with Gasteiger partial charge in [0.15, 0.2) is 0 Å². The maximum atomic E-state index is 12.1. The lowest BCUT2D eigenvalue weighted by Gasteiger charge is -2.29. The lowest BCUT2D eigenvalue weighted by molar-refractivity contribution is -0.128. The van der Waals surface area contributed by atoms with Gasteiger partial charge in [-0.3, -0.25) is 4.79 Å². The van der Waals surface area contributed by atoms with Gasteiger partial charge in [-0.2, -0.15) is 0 Å². The van der Waals surface area contributed by atoms with Crippen LogP contribution in [0.15, 0.2) is 18.2 Å². The predicted octanol–water partition coefficient (Wildman–Crippen LogP) is 1.99. The number of benzene rings is 1. The first-order chi connectivity index (χ1) is 10.6. The van der Waals surface area contributed by atoms with Crippen molar-refractivity contribution in [3.63, 3.8) is 0 Å². The van der Waals surface area contributed by atoms with Crippen LogP contribution in [0.3, 0.4) is 0 Å². The van der Waals surface area contributed by atoms with Gasteiger partial charge in [-0.1, -0.05) is 11.6 Å². The zero-order valence-corrected chi connectivity index (χ0v) is 13.8. The first kappa shape index (κ1) is 15.7. The van der Waals surface area contributed by atoms with Gasteiger partial charge in [0.05, 0.1) is 27.9 Å². The highest BCUT2D eigenvalue weighted by Gasteiger charge is 2.27. The van der Waals surface area contributed by atoms with Gasteiger partial charge in [0, 0.05) is 24.5 Å². The lowest BCUT2D eigenvalue weighted by Crippen LogP contribution is -2.55. The van der Waals surface area contributed by atoms with Crippen LogP contribution < -0.4 is 10.6 Å². The number of nitrogens with one attached hydrogen (secondary N) is 2. The standard InChI is InChI=1S/C15H18ClN3O2S/c1-9-14(17-6-7-21-9)15(20)18-5-4-13-19-11-8-10(16)2-3-12(11)22-13/h2-3,8-9,14,17H,4-7H2,1H3,(H,18,20)/t9-,14+/m1/s1. The van der Waals surface area contributed by atoms with E-state index in [0.717, 1.165) is 15.2 Å². The first-order valence-corrected chi connectivity index (χ1v) is 8.50. The number of nitrogens with zero attached hydrogens (tertiary/aromatic N) is 1. The molecule has 2 heterocycles. The SMILES string of the molecule is C[C@H]1OCCN[C@@H]1C(=O)NCCc1nc2cc(Cl)ccc2s1. The number of hydrogen-bond donors (Lipinski definition) is 2. The van der Waals surface area contributed by atoms with E-state index >= 15 is 0 Å². The minimum Gasteiger partial charge on any atom is -0.375 e. The van der Waals surface area contributed by atoms with E-state index in [1.54, 1.807) is 11.3 Å². The van der Waals surface area contributed by atoms with Crippen LogP contribution in [-0.4, -0.2) is 42.7 Å². The predicted molar refractivity (Wildman–Crippen MR) is 88.5 cm³/mol. The van der Waals surface area contributed by atoms with Crippen molar-refractivity contribution in [2.45, 2.75) is 25.5 Å². The molecule has 1 aliphatic heterocycles. The van der Waals surface area contributed by atoms with E-state index in [4.69, 9.17) is 16.3 Å². The van der Waals surface area contributed by atoms with Gasteiger partial charge in [-0.05, 0) is 25.1 Å². The Kier molecular flexibility index (Phi) is 4.93. The monoisotopic (exact) mass is 339 g/mol. The van der Waals surface area contributed by atoms with Gasteiger partial charge in [0.25, 0.3) is 0 Å². The second kappa shape index (κ2) is 6.91. The second-order valence-electron chi connectivity index (χ2n) is 5.27. The molecular weight excluding hydrogens is 322 g/mol. The molecule has 1 aliphatic rings. The molecule has 0 radical (unpaired) electrons. The van der Waals surface area contributed by atoms with E-state index in [0.29, 0.717) is 31.1 Å². The van der Waals surface area contributed by atoms with Crippen molar-refractivity contribution >= 4 is 39.1 Å². The number of rotatable bonds is 4. The van der Waals surface area contributed by atoms with Crippen molar-refractivity contribution in [2.24, 2.45) is 0 Å². The number of thiazole rings is 1. The highest BCUT2D eigenvalue weighted by atomic mass is 35.5. The summed E-state index contributed by atoms with van der Waals surface area (Å²) in [6, 6.07) is 5.43. The average molecular weight is 340 g/mol. The van der Waals surface area contributed by atoms with Crippen LogP contribution in [0.5, 0.6) is 0 Å². The molecule has 2 atom stereocenters. The van der Waals surface area contributed by atoms with Gasteiger partial charge in [0.2, 0.25) is 5.91 Å². The molecule has 1 fully saturated rings. The molecule has 0 bridgehead atoms. The Labute approximate surface area is 138 Å². The van der Waals surface area contributed by atoms with E-state index in [9.17, 15) is 4.79 Å². The summed E-state index contributed by atoms with van der Waals surface area (Å²) in [5, 5.41) is 7.81. The maximum absolute atomic E-state index is 12.1. The third-order valence-electron chi connectivity index (χ3n) is 3.63. The van der Waals surface area contributed by atoms with Crippen LogP contribution in [0.2, 0.25) is 5.02 Å². The largest absolute Gasteiger partial charge is 0.375 e. The van der Waals surface area contributed by atoms with Crippen molar-refractivity contribution in [3.8, 4) is 0 Å². The van der Waals surface area contributed by atoms with Crippen LogP contribution >= 0.6 is 22.9 Å². The number of ether oxygens (including phenoxy) is 1. The Balaban J connectivity index is 1.54. The number of amides is 1. The number of carbonyl (C=O) groups excluding carboxylic acids is 1. The number of aromatic nitrogens is 1. The topological polar surface area (TPSA) is 63.2 Å². The molecule has 2 aromatic rings. The summed E-state index contributed by atoms with van der Waals surface area (Å²) in [6.45, 7) is 3.84. The summed E-state index contributed by atoms with van der Waals surface area (Å²) in [7, 11) is 0. The van der Waals surface area contributed by atoms with Crippen molar-refractivity contribution in [1.82, 2.24) is 15.6 Å². The van der Waals surface area contributed by atoms with Crippen molar-refractivity contribution in [2.75, 3.05) is 19.7 Å². The number of hydrogen-bond acceptors (Lipinski definition) is 5. The second-order valence-corrected chi connectivity index (χ2v) is 6.82. The van der Waals surface area contributed by atoms with Gasteiger partial charge in [-0.25, -0.2) is 4.98 Å². The number of halogens is 1. The molecule has 0 spiro atoms. The Morgan fingerprint density at radius 3 is 3.27 bits per heavy atom. The van der Waals surface area contributed by atoms with Crippen molar-refractivity contribution < 1.29 is 9.53 Å². The Hall–Kier alpha value is -1.21. The molecule has 0 saturated carbocycles. The fourth-order valence-electron chi connectivity index (χ4n) is 2.49. The van der Waals surface area contributed by atoms with E-state index in [1.807, 2.05) is 25.1 Å². The molecule has 1 aromatic carbocycles. The van der Waals surface area contributed by atoms with E-state index in [1.165, 1.54) is 0 Å². The smallest absolute Gasteiger partial charge is 0.239 e. The maximum Gasteiger partial charge on any atom is 0.239 e. The summed E-state index contributed by atoms with van der Waals surface area (Å²) in [4.78, 5) is 16.7. The molecule has 0 aliphatic carbocycles. The summed E-state index contributed by atoms with van der Waals surface area (Å²) in [5.74, 6) is -0.0173. The summed E-state index contributed by atoms with van der Waals surface area (Å²) >= 11 is 7.59. The molecule has 2 N–H and O–H groups in total. The number of fused-ring (bicyclic) bond motifs is 1. The Morgan fingerprint density at radius 1 is 1.59 bits per heavy atom. The first-order valence-electron chi connectivity index (χ1n) is 7.31. The normalized spacial score (nSPS) is 21.9. The van der Waals surface area contributed by atoms with Crippen molar-refractivity contribution in [3.05, 3.63) is 28.2 Å². The molecule has 118 valence electrons. The molecule has 22 heavy (non-hydrogen) atoms. The minimum absolute atomic E-state index is 0.0173. The lowest BCUT2D eigenvalue weighted by atomic mass is 10.1. The molecule has 7 heteroatoms. The van der Waals surface area contributed by atoms with E-state index < -0.39 is 0 Å². The van der Waals surface area contributed by atoms with Gasteiger partial charge < -0.3 is 15.4 Å². The Morgan fingerprint density at radius 2 is 2.45 bits per heavy atom. The highest BCUT2D eigenvalue weighted by Crippen LogP contribution is 2.25. The molecular formula is C15H18ClN3O2S. The molecule has 0 unspecified atom stereocenters. The molecule has 5 nitrogen and oxygen atoms in total. The van der Waals surface area contributed by atoms with Crippen LogP contribution in [0.1, 0.15) is 11.9 Å². The number of carbonyl (C=O) groups is 1. The quantitative estimate of drug-likeness (QED) is 0.894. The molecule has 1 amide bonds. The fraction of sp³-hybridized carbons (Fsp3) is 0.467. The fourth-order valence-corrected chi connectivity index (χ4v) is 3.60. The summed E-state index contributed by atoms with van der Waals surface area (Å²) < 4.78 is 6.59. The van der Waals surface area contributed by atoms with Gasteiger partial charge in [-0.15, -0.1) is 11.3 Å². The van der Waals surface area contributed by atoms with Gasteiger partial charge in [0.1, 0.15) is 6.04 Å². The van der Waals surface area contributed by atoms with E-state index in [-0.39, 0.29) is 18.1 Å². The van der Waals surface area contributed by atoms with E-state index in [2.05, 4.69) is 15.6 Å². The third-order valence-corrected chi connectivity index (χ3v) is 4.96. The van der Waals surface area contributed by atoms with Crippen LogP contribution in [0.4, 0.5) is 0 Å². The Bertz CT molecular complexity index is 676. The molecule has 1 saturated heterocycles. The zero-order chi connectivity index (χ0) is 15.5. The van der Waals surface area contributed by atoms with Gasteiger partial charge >= 0.3 is 0 Å². The third kappa shape index (κ3) is 3.57. The van der Waals surface area contributed by atoms with Crippen LogP contribution in [0, 0.1) is 0 Å².